The number of likely N-dealkylation sites (tertiary alicyclic amines) is 1. The predicted octanol–water partition coefficient (Wildman–Crippen LogP) is 2.57. The van der Waals surface area contributed by atoms with Crippen LogP contribution in [0.1, 0.15) is 34.1 Å². The van der Waals surface area contributed by atoms with E-state index < -0.39 is 0 Å². The Morgan fingerprint density at radius 1 is 1.50 bits per heavy atom. The maximum Gasteiger partial charge on any atom is 0.317 e. The van der Waals surface area contributed by atoms with Gasteiger partial charge in [0.2, 0.25) is 0 Å². The van der Waals surface area contributed by atoms with Crippen LogP contribution in [-0.2, 0) is 0 Å². The molecule has 1 rings (SSSR count). The lowest BCUT2D eigenvalue weighted by atomic mass is 9.93. The molecule has 0 saturated carbocycles. The van der Waals surface area contributed by atoms with E-state index in [2.05, 4.69) is 18.5 Å². The summed E-state index contributed by atoms with van der Waals surface area (Å²) in [7, 11) is 0. The highest BCUT2D eigenvalue weighted by molar-refractivity contribution is 7.98. The minimum absolute atomic E-state index is 0.0809. The molecule has 0 aromatic heterocycles. The van der Waals surface area contributed by atoms with E-state index >= 15 is 0 Å². The summed E-state index contributed by atoms with van der Waals surface area (Å²) >= 11 is 1.87. The lowest BCUT2D eigenvalue weighted by molar-refractivity contribution is 0.194. The molecule has 0 aliphatic carbocycles. The summed E-state index contributed by atoms with van der Waals surface area (Å²) in [5, 5.41) is 3.02. The number of thioether (sulfide) groups is 1. The summed E-state index contributed by atoms with van der Waals surface area (Å²) in [6.07, 6.45) is 3.24. The molecule has 0 aromatic rings. The van der Waals surface area contributed by atoms with E-state index in [9.17, 15) is 4.79 Å². The number of carbonyl (C=O) groups excluding carboxylic acids is 1. The molecule has 0 aromatic carbocycles. The van der Waals surface area contributed by atoms with Crippen molar-refractivity contribution in [2.45, 2.75) is 39.7 Å². The standard InChI is InChI=1S/C12H24N2OS/c1-11(2,3)13-10(15)14-7-6-12(4,8-14)9-16-5/h6-9H2,1-5H3,(H,13,15). The number of carbonyl (C=O) groups is 1. The second kappa shape index (κ2) is 4.86. The molecule has 0 spiro atoms. The first kappa shape index (κ1) is 13.7. The number of nitrogens with one attached hydrogen (secondary N) is 1. The highest BCUT2D eigenvalue weighted by Crippen LogP contribution is 2.32. The molecule has 1 saturated heterocycles. The molecule has 3 nitrogen and oxygen atoms in total. The van der Waals surface area contributed by atoms with E-state index in [1.54, 1.807) is 0 Å². The van der Waals surface area contributed by atoms with Gasteiger partial charge < -0.3 is 10.2 Å². The zero-order chi connectivity index (χ0) is 12.4. The average molecular weight is 244 g/mol. The van der Waals surface area contributed by atoms with E-state index in [0.29, 0.717) is 5.41 Å². The predicted molar refractivity (Wildman–Crippen MR) is 71.0 cm³/mol. The van der Waals surface area contributed by atoms with Gasteiger partial charge in [-0.1, -0.05) is 6.92 Å². The van der Waals surface area contributed by atoms with Crippen LogP contribution in [0.2, 0.25) is 0 Å². The van der Waals surface area contributed by atoms with Crippen molar-refractivity contribution < 1.29 is 4.79 Å². The van der Waals surface area contributed by atoms with Crippen LogP contribution in [0.15, 0.2) is 0 Å². The largest absolute Gasteiger partial charge is 0.333 e. The minimum Gasteiger partial charge on any atom is -0.333 e. The van der Waals surface area contributed by atoms with Crippen molar-refractivity contribution in [3.8, 4) is 0 Å². The van der Waals surface area contributed by atoms with Gasteiger partial charge in [0.1, 0.15) is 0 Å². The van der Waals surface area contributed by atoms with Crippen molar-refractivity contribution in [2.75, 3.05) is 25.1 Å². The zero-order valence-corrected chi connectivity index (χ0v) is 11.9. The molecule has 94 valence electrons. The lowest BCUT2D eigenvalue weighted by Crippen LogP contribution is -2.48. The number of nitrogens with zero attached hydrogens (tertiary/aromatic N) is 1. The van der Waals surface area contributed by atoms with Crippen molar-refractivity contribution >= 4 is 17.8 Å². The van der Waals surface area contributed by atoms with E-state index in [1.807, 2.05) is 37.4 Å². The van der Waals surface area contributed by atoms with Gasteiger partial charge in [0.05, 0.1) is 0 Å². The van der Waals surface area contributed by atoms with Gasteiger partial charge in [0.15, 0.2) is 0 Å². The Bertz CT molecular complexity index is 262. The monoisotopic (exact) mass is 244 g/mol. The summed E-state index contributed by atoms with van der Waals surface area (Å²) in [4.78, 5) is 13.9. The topological polar surface area (TPSA) is 32.3 Å². The summed E-state index contributed by atoms with van der Waals surface area (Å²) in [6.45, 7) is 10.1. The molecule has 1 aliphatic heterocycles. The third-order valence-electron chi connectivity index (χ3n) is 2.82. The summed E-state index contributed by atoms with van der Waals surface area (Å²) in [5.41, 5.74) is 0.157. The first-order valence-electron chi connectivity index (χ1n) is 5.82. The molecule has 16 heavy (non-hydrogen) atoms. The van der Waals surface area contributed by atoms with Gasteiger partial charge in [0, 0.05) is 24.4 Å². The van der Waals surface area contributed by atoms with Crippen molar-refractivity contribution in [2.24, 2.45) is 5.41 Å². The molecule has 1 N–H and O–H groups in total. The van der Waals surface area contributed by atoms with E-state index in [4.69, 9.17) is 0 Å². The SMILES string of the molecule is CSCC1(C)CCN(C(=O)NC(C)(C)C)C1. The fourth-order valence-electron chi connectivity index (χ4n) is 2.06. The van der Waals surface area contributed by atoms with Crippen LogP contribution >= 0.6 is 11.8 Å². The number of rotatable bonds is 2. The van der Waals surface area contributed by atoms with Gasteiger partial charge >= 0.3 is 6.03 Å². The molecule has 1 unspecified atom stereocenters. The van der Waals surface area contributed by atoms with Crippen LogP contribution in [0.4, 0.5) is 4.79 Å². The summed E-state index contributed by atoms with van der Waals surface area (Å²) in [6, 6.07) is 0.0809. The summed E-state index contributed by atoms with van der Waals surface area (Å²) < 4.78 is 0. The maximum atomic E-state index is 12.0. The Hall–Kier alpha value is -0.380. The van der Waals surface area contributed by atoms with Crippen molar-refractivity contribution in [3.05, 3.63) is 0 Å². The van der Waals surface area contributed by atoms with E-state index in [0.717, 1.165) is 25.3 Å². The molecule has 1 fully saturated rings. The van der Waals surface area contributed by atoms with E-state index in [1.165, 1.54) is 0 Å². The second-order valence-corrected chi connectivity index (χ2v) is 6.96. The summed E-state index contributed by atoms with van der Waals surface area (Å²) in [5.74, 6) is 1.13. The van der Waals surface area contributed by atoms with Crippen LogP contribution < -0.4 is 5.32 Å². The van der Waals surface area contributed by atoms with Crippen LogP contribution in [-0.4, -0.2) is 41.6 Å². The van der Waals surface area contributed by atoms with Crippen LogP contribution in [0.3, 0.4) is 0 Å². The lowest BCUT2D eigenvalue weighted by Gasteiger charge is -2.27. The minimum atomic E-state index is -0.143. The average Bonchev–Trinajstić information content (AvgIpc) is 2.45. The normalized spacial score (nSPS) is 25.9. The second-order valence-electron chi connectivity index (χ2n) is 6.10. The molecule has 0 radical (unpaired) electrons. The van der Waals surface area contributed by atoms with Gasteiger partial charge in [-0.15, -0.1) is 0 Å². The highest BCUT2D eigenvalue weighted by atomic mass is 32.2. The quantitative estimate of drug-likeness (QED) is 0.809. The Labute approximate surface area is 103 Å². The zero-order valence-electron chi connectivity index (χ0n) is 11.1. The number of hydrogen-bond donors (Lipinski definition) is 1. The third-order valence-corrected chi connectivity index (χ3v) is 3.81. The molecule has 2 amide bonds. The van der Waals surface area contributed by atoms with Crippen LogP contribution in [0, 0.1) is 5.41 Å². The molecular formula is C12H24N2OS. The van der Waals surface area contributed by atoms with Crippen molar-refractivity contribution in [1.29, 1.82) is 0 Å². The number of urea groups is 1. The van der Waals surface area contributed by atoms with Gasteiger partial charge in [-0.2, -0.15) is 11.8 Å². The number of amides is 2. The number of hydrogen-bond acceptors (Lipinski definition) is 2. The van der Waals surface area contributed by atoms with Gasteiger partial charge in [-0.3, -0.25) is 0 Å². The molecule has 0 bridgehead atoms. The molecule has 1 aliphatic rings. The fourth-order valence-corrected chi connectivity index (χ4v) is 3.00. The third kappa shape index (κ3) is 3.89. The van der Waals surface area contributed by atoms with Crippen molar-refractivity contribution in [1.82, 2.24) is 10.2 Å². The molecule has 1 atom stereocenters. The smallest absolute Gasteiger partial charge is 0.317 e. The van der Waals surface area contributed by atoms with Crippen LogP contribution in [0.5, 0.6) is 0 Å². The Morgan fingerprint density at radius 3 is 2.62 bits per heavy atom. The molecule has 4 heteroatoms. The molecular weight excluding hydrogens is 220 g/mol. The Balaban J connectivity index is 2.50. The molecule has 1 heterocycles. The van der Waals surface area contributed by atoms with E-state index in [-0.39, 0.29) is 11.6 Å². The van der Waals surface area contributed by atoms with Gasteiger partial charge in [0.25, 0.3) is 0 Å². The Morgan fingerprint density at radius 2 is 2.12 bits per heavy atom. The van der Waals surface area contributed by atoms with Gasteiger partial charge in [-0.25, -0.2) is 4.79 Å². The highest BCUT2D eigenvalue weighted by Gasteiger charge is 2.36. The van der Waals surface area contributed by atoms with Crippen molar-refractivity contribution in [3.63, 3.8) is 0 Å². The van der Waals surface area contributed by atoms with Gasteiger partial charge in [-0.05, 0) is 38.9 Å². The maximum absolute atomic E-state index is 12.0. The Kier molecular flexibility index (Phi) is 4.16. The van der Waals surface area contributed by atoms with Crippen LogP contribution in [0.25, 0.3) is 0 Å². The first-order valence-corrected chi connectivity index (χ1v) is 7.21. The first-order chi connectivity index (χ1) is 7.26. The fraction of sp³-hybridized carbons (Fsp3) is 0.917.